The van der Waals surface area contributed by atoms with Crippen molar-refractivity contribution in [3.05, 3.63) is 87.7 Å². The van der Waals surface area contributed by atoms with Crippen LogP contribution in [0, 0.1) is 11.3 Å². The van der Waals surface area contributed by atoms with E-state index in [4.69, 9.17) is 4.52 Å². The Balaban J connectivity index is 1.85. The van der Waals surface area contributed by atoms with E-state index in [0.29, 0.717) is 5.56 Å². The van der Waals surface area contributed by atoms with Gasteiger partial charge in [-0.05, 0) is 17.2 Å². The van der Waals surface area contributed by atoms with Gasteiger partial charge in [-0.25, -0.2) is 4.98 Å². The van der Waals surface area contributed by atoms with Crippen LogP contribution in [0.1, 0.15) is 51.8 Å². The average Bonchev–Trinajstić information content (AvgIpc) is 3.50. The zero-order valence-corrected chi connectivity index (χ0v) is 18.6. The number of hydrogen-bond donors (Lipinski definition) is 2. The molecule has 3 aromatic heterocycles. The first-order valence-corrected chi connectivity index (χ1v) is 10.3. The molecule has 0 spiro atoms. The molecule has 0 aliphatic heterocycles. The smallest absolute Gasteiger partial charge is 0.296 e. The number of amides is 1. The van der Waals surface area contributed by atoms with Crippen molar-refractivity contribution in [2.75, 3.05) is 5.32 Å². The van der Waals surface area contributed by atoms with Gasteiger partial charge in [-0.2, -0.15) is 10.4 Å². The molecular weight excluding hydrogens is 438 g/mol. The maximum absolute atomic E-state index is 12.8. The Morgan fingerprint density at radius 1 is 1.26 bits per heavy atom. The Hall–Kier alpha value is -4.72. The molecule has 2 N–H and O–H groups in total. The molecule has 0 aliphatic carbocycles. The van der Waals surface area contributed by atoms with E-state index in [1.807, 2.05) is 25.3 Å². The van der Waals surface area contributed by atoms with Gasteiger partial charge in [0.15, 0.2) is 5.69 Å². The number of hydrogen-bond acceptors (Lipinski definition) is 8. The van der Waals surface area contributed by atoms with Crippen molar-refractivity contribution in [2.45, 2.75) is 18.8 Å². The molecule has 2 unspecified atom stereocenters. The highest BCUT2D eigenvalue weighted by Crippen LogP contribution is 2.38. The Kier molecular flexibility index (Phi) is 5.97. The second-order valence-corrected chi connectivity index (χ2v) is 7.81. The van der Waals surface area contributed by atoms with Gasteiger partial charge < -0.3 is 14.9 Å². The van der Waals surface area contributed by atoms with Gasteiger partial charge in [-0.3, -0.25) is 18.8 Å². The summed E-state index contributed by atoms with van der Waals surface area (Å²) in [5.41, 5.74) is 1.05. The number of rotatable bonds is 6. The molecule has 172 valence electrons. The van der Waals surface area contributed by atoms with Crippen molar-refractivity contribution in [1.29, 1.82) is 5.26 Å². The predicted octanol–water partition coefficient (Wildman–Crippen LogP) is 2.27. The summed E-state index contributed by atoms with van der Waals surface area (Å²) in [6.07, 6.45) is 5.99. The van der Waals surface area contributed by atoms with Gasteiger partial charge in [0.05, 0.1) is 24.0 Å². The number of benzene rings is 1. The summed E-state index contributed by atoms with van der Waals surface area (Å²) in [5.74, 6) is -2.22. The lowest BCUT2D eigenvalue weighted by Crippen LogP contribution is -2.29. The summed E-state index contributed by atoms with van der Waals surface area (Å²) in [5, 5.41) is 30.3. The SMILES string of the molecule is CC(c1nc(C(=O)Nc2cnoc2)c(O)c(=O)n1C)C(c1cnn(C)c1)c1ccccc1C#N. The number of aryl methyl sites for hydroxylation is 1. The van der Waals surface area contributed by atoms with E-state index < -0.39 is 34.7 Å². The van der Waals surface area contributed by atoms with Crippen LogP contribution in [0.5, 0.6) is 5.75 Å². The zero-order chi connectivity index (χ0) is 24.4. The lowest BCUT2D eigenvalue weighted by atomic mass is 9.80. The standard InChI is InChI=1S/C23H21N7O4/c1-13(18(15-9-25-29(2)11-15)17-7-5-4-6-14(17)8-24)21-28-19(20(31)23(33)30(21)3)22(32)27-16-10-26-34-12-16/h4-7,9-13,18,31H,1-3H3,(H,27,32). The fraction of sp³-hybridized carbons (Fsp3) is 0.217. The molecule has 0 saturated carbocycles. The van der Waals surface area contributed by atoms with Crippen LogP contribution < -0.4 is 10.9 Å². The summed E-state index contributed by atoms with van der Waals surface area (Å²) < 4.78 is 7.54. The molecule has 3 heterocycles. The Morgan fingerprint density at radius 2 is 2.03 bits per heavy atom. The zero-order valence-electron chi connectivity index (χ0n) is 18.6. The van der Waals surface area contributed by atoms with E-state index in [1.165, 1.54) is 24.1 Å². The third-order valence-corrected chi connectivity index (χ3v) is 5.61. The lowest BCUT2D eigenvalue weighted by molar-refractivity contribution is 0.101. The molecule has 0 aliphatic rings. The monoisotopic (exact) mass is 459 g/mol. The van der Waals surface area contributed by atoms with Crippen molar-refractivity contribution >= 4 is 11.6 Å². The van der Waals surface area contributed by atoms with Gasteiger partial charge in [-0.15, -0.1) is 0 Å². The van der Waals surface area contributed by atoms with Crippen LogP contribution in [0.25, 0.3) is 0 Å². The second kappa shape index (κ2) is 9.03. The minimum atomic E-state index is -0.790. The molecule has 34 heavy (non-hydrogen) atoms. The number of carbonyl (C=O) groups excluding carboxylic acids is 1. The highest BCUT2D eigenvalue weighted by molar-refractivity contribution is 6.04. The van der Waals surface area contributed by atoms with Gasteiger partial charge in [0.2, 0.25) is 5.75 Å². The van der Waals surface area contributed by atoms with E-state index >= 15 is 0 Å². The summed E-state index contributed by atoms with van der Waals surface area (Å²) in [6.45, 7) is 1.84. The van der Waals surface area contributed by atoms with E-state index in [-0.39, 0.29) is 11.5 Å². The summed E-state index contributed by atoms with van der Waals surface area (Å²) in [6, 6.07) is 9.37. The van der Waals surface area contributed by atoms with Gasteiger partial charge >= 0.3 is 0 Å². The third kappa shape index (κ3) is 4.04. The fourth-order valence-corrected chi connectivity index (χ4v) is 3.99. The molecule has 4 aromatic rings. The minimum Gasteiger partial charge on any atom is -0.501 e. The molecule has 0 bridgehead atoms. The number of carbonyl (C=O) groups is 1. The van der Waals surface area contributed by atoms with Crippen molar-refractivity contribution in [3.63, 3.8) is 0 Å². The highest BCUT2D eigenvalue weighted by Gasteiger charge is 2.31. The molecule has 11 nitrogen and oxygen atoms in total. The van der Waals surface area contributed by atoms with Crippen LogP contribution in [0.4, 0.5) is 5.69 Å². The molecule has 0 radical (unpaired) electrons. The first-order chi connectivity index (χ1) is 16.3. The topological polar surface area (TPSA) is 152 Å². The van der Waals surface area contributed by atoms with E-state index in [1.54, 1.807) is 30.1 Å². The molecular formula is C23H21N7O4. The van der Waals surface area contributed by atoms with Crippen molar-refractivity contribution < 1.29 is 14.4 Å². The van der Waals surface area contributed by atoms with Gasteiger partial charge in [0.25, 0.3) is 11.5 Å². The van der Waals surface area contributed by atoms with Crippen LogP contribution in [0.2, 0.25) is 0 Å². The van der Waals surface area contributed by atoms with Gasteiger partial charge in [0.1, 0.15) is 17.8 Å². The molecule has 0 fully saturated rings. The Bertz CT molecular complexity index is 1450. The van der Waals surface area contributed by atoms with Gasteiger partial charge in [0, 0.05) is 32.1 Å². The van der Waals surface area contributed by atoms with Gasteiger partial charge in [-0.1, -0.05) is 30.3 Å². The number of nitrogens with one attached hydrogen (secondary N) is 1. The van der Waals surface area contributed by atoms with E-state index in [2.05, 4.69) is 26.6 Å². The van der Waals surface area contributed by atoms with E-state index in [0.717, 1.165) is 11.1 Å². The number of anilines is 1. The maximum atomic E-state index is 12.8. The largest absolute Gasteiger partial charge is 0.501 e. The van der Waals surface area contributed by atoms with Crippen LogP contribution in [0.15, 0.2) is 58.4 Å². The molecule has 1 amide bonds. The molecule has 1 aromatic carbocycles. The second-order valence-electron chi connectivity index (χ2n) is 7.81. The Morgan fingerprint density at radius 3 is 2.68 bits per heavy atom. The number of nitrogens with zero attached hydrogens (tertiary/aromatic N) is 6. The first kappa shape index (κ1) is 22.5. The number of aromatic nitrogens is 5. The van der Waals surface area contributed by atoms with Crippen LogP contribution >= 0.6 is 0 Å². The highest BCUT2D eigenvalue weighted by atomic mass is 16.5. The molecule has 4 rings (SSSR count). The third-order valence-electron chi connectivity index (χ3n) is 5.61. The molecule has 0 saturated heterocycles. The summed E-state index contributed by atoms with van der Waals surface area (Å²) in [7, 11) is 3.25. The quantitative estimate of drug-likeness (QED) is 0.445. The molecule has 11 heteroatoms. The number of nitriles is 1. The van der Waals surface area contributed by atoms with Crippen LogP contribution in [-0.2, 0) is 14.1 Å². The lowest BCUT2D eigenvalue weighted by Gasteiger charge is -2.26. The van der Waals surface area contributed by atoms with Crippen LogP contribution in [-0.4, -0.2) is 35.5 Å². The van der Waals surface area contributed by atoms with Crippen molar-refractivity contribution in [3.8, 4) is 11.8 Å². The molecule has 2 atom stereocenters. The van der Waals surface area contributed by atoms with Crippen molar-refractivity contribution in [2.24, 2.45) is 14.1 Å². The Labute approximate surface area is 193 Å². The summed E-state index contributed by atoms with van der Waals surface area (Å²) >= 11 is 0. The maximum Gasteiger partial charge on any atom is 0.296 e. The fourth-order valence-electron chi connectivity index (χ4n) is 3.99. The normalized spacial score (nSPS) is 12.6. The summed E-state index contributed by atoms with van der Waals surface area (Å²) in [4.78, 5) is 30.0. The first-order valence-electron chi connectivity index (χ1n) is 10.3. The van der Waals surface area contributed by atoms with Crippen LogP contribution in [0.3, 0.4) is 0 Å². The predicted molar refractivity (Wildman–Crippen MR) is 120 cm³/mol. The average molecular weight is 459 g/mol. The minimum absolute atomic E-state index is 0.248. The van der Waals surface area contributed by atoms with Crippen molar-refractivity contribution in [1.82, 2.24) is 24.5 Å². The van der Waals surface area contributed by atoms with E-state index in [9.17, 15) is 20.0 Å². The number of aromatic hydroxyl groups is 1.